The molecule has 2 bridgehead atoms. The number of hydrogen-bond donors (Lipinski definition) is 4. The lowest BCUT2D eigenvalue weighted by Crippen LogP contribution is -2.65. The summed E-state index contributed by atoms with van der Waals surface area (Å²) in [5.41, 5.74) is 2.76. The van der Waals surface area contributed by atoms with Crippen molar-refractivity contribution in [1.29, 1.82) is 0 Å². The molecule has 0 saturated carbocycles. The van der Waals surface area contributed by atoms with Crippen molar-refractivity contribution in [3.8, 4) is 11.5 Å². The number of fused-ring (bicyclic) bond motifs is 4. The molecule has 9 nitrogen and oxygen atoms in total. The van der Waals surface area contributed by atoms with Crippen LogP contribution in [0.4, 0.5) is 0 Å². The Morgan fingerprint density at radius 2 is 1.73 bits per heavy atom. The molecule has 0 radical (unpaired) electrons. The second-order valence-corrected chi connectivity index (χ2v) is 13.7. The molecule has 4 saturated heterocycles. The summed E-state index contributed by atoms with van der Waals surface area (Å²) in [7, 11) is 0. The van der Waals surface area contributed by atoms with Crippen LogP contribution in [0.25, 0.3) is 10.9 Å². The number of aromatic hydroxyl groups is 1. The first-order chi connectivity index (χ1) is 23.5. The van der Waals surface area contributed by atoms with E-state index < -0.39 is 6.10 Å². The maximum absolute atomic E-state index is 13.8. The van der Waals surface area contributed by atoms with E-state index in [1.807, 2.05) is 24.3 Å². The largest absolute Gasteiger partial charge is 0.506 e. The molecule has 9 heteroatoms. The van der Waals surface area contributed by atoms with E-state index in [0.29, 0.717) is 47.4 Å². The molecule has 4 aromatic rings. The summed E-state index contributed by atoms with van der Waals surface area (Å²) >= 11 is 0. The van der Waals surface area contributed by atoms with E-state index in [9.17, 15) is 19.8 Å². The number of likely N-dealkylation sites (tertiary alicyclic amines) is 1. The average molecular weight is 651 g/mol. The van der Waals surface area contributed by atoms with Crippen molar-refractivity contribution in [2.75, 3.05) is 45.9 Å². The highest BCUT2D eigenvalue weighted by Gasteiger charge is 2.51. The molecule has 48 heavy (non-hydrogen) atoms. The first kappa shape index (κ1) is 32.4. The maximum Gasteiger partial charge on any atom is 0.254 e. The van der Waals surface area contributed by atoms with Crippen LogP contribution in [0.15, 0.2) is 83.7 Å². The Balaban J connectivity index is 0.849. The molecule has 3 aromatic carbocycles. The van der Waals surface area contributed by atoms with E-state index in [-0.39, 0.29) is 23.3 Å². The Morgan fingerprint density at radius 1 is 0.938 bits per heavy atom. The highest BCUT2D eigenvalue weighted by Crippen LogP contribution is 2.46. The van der Waals surface area contributed by atoms with E-state index in [0.717, 1.165) is 50.2 Å². The summed E-state index contributed by atoms with van der Waals surface area (Å²) in [5.74, 6) is 2.52. The first-order valence-corrected chi connectivity index (χ1v) is 17.5. The van der Waals surface area contributed by atoms with Gasteiger partial charge in [-0.3, -0.25) is 9.59 Å². The molecule has 1 amide bonds. The summed E-state index contributed by atoms with van der Waals surface area (Å²) in [6, 6.07) is 24.8. The zero-order valence-electron chi connectivity index (χ0n) is 27.4. The number of nitrogens with zero attached hydrogens (tertiary/aromatic N) is 2. The Morgan fingerprint density at radius 3 is 2.48 bits per heavy atom. The van der Waals surface area contributed by atoms with Crippen molar-refractivity contribution in [3.05, 3.63) is 106 Å². The Labute approximate surface area is 281 Å². The number of aliphatic hydroxyl groups excluding tert-OH is 1. The van der Waals surface area contributed by atoms with Crippen molar-refractivity contribution in [2.24, 2.45) is 11.8 Å². The normalized spacial score (nSPS) is 23.9. The minimum Gasteiger partial charge on any atom is -0.506 e. The van der Waals surface area contributed by atoms with Gasteiger partial charge in [0.25, 0.3) is 5.91 Å². The third-order valence-electron chi connectivity index (χ3n) is 10.8. The van der Waals surface area contributed by atoms with E-state index in [1.165, 1.54) is 43.6 Å². The number of amides is 1. The van der Waals surface area contributed by atoms with E-state index in [4.69, 9.17) is 4.74 Å². The number of ether oxygens (including phenoxy) is 1. The Kier molecular flexibility index (Phi) is 9.79. The lowest BCUT2D eigenvalue weighted by atomic mass is 9.66. The molecular formula is C39H46N4O5. The van der Waals surface area contributed by atoms with Crippen molar-refractivity contribution >= 4 is 16.8 Å². The molecule has 4 aliphatic rings. The molecule has 4 unspecified atom stereocenters. The maximum atomic E-state index is 13.8. The molecular weight excluding hydrogens is 604 g/mol. The van der Waals surface area contributed by atoms with Crippen molar-refractivity contribution in [1.82, 2.24) is 20.1 Å². The number of pyridine rings is 1. The molecule has 8 rings (SSSR count). The molecule has 4 aliphatic heterocycles. The summed E-state index contributed by atoms with van der Waals surface area (Å²) < 4.78 is 5.99. The van der Waals surface area contributed by atoms with Gasteiger partial charge in [-0.15, -0.1) is 0 Å². The number of benzene rings is 3. The van der Waals surface area contributed by atoms with Crippen molar-refractivity contribution in [2.45, 2.75) is 50.2 Å². The summed E-state index contributed by atoms with van der Waals surface area (Å²) in [5, 5.41) is 24.7. The quantitative estimate of drug-likeness (QED) is 0.150. The van der Waals surface area contributed by atoms with Gasteiger partial charge in [0, 0.05) is 48.6 Å². The predicted molar refractivity (Wildman–Crippen MR) is 187 cm³/mol. The minimum atomic E-state index is -0.769. The number of aromatic nitrogens is 1. The molecule has 1 aromatic heterocycles. The number of carbonyl (C=O) groups is 1. The fraction of sp³-hybridized carbons (Fsp3) is 0.436. The monoisotopic (exact) mass is 650 g/mol. The highest BCUT2D eigenvalue weighted by molar-refractivity contribution is 5.95. The Hall–Kier alpha value is -4.18. The number of aliphatic hydroxyl groups is 1. The lowest BCUT2D eigenvalue weighted by molar-refractivity contribution is -0.0468. The fourth-order valence-corrected chi connectivity index (χ4v) is 8.15. The van der Waals surface area contributed by atoms with Gasteiger partial charge in [-0.25, -0.2) is 0 Å². The van der Waals surface area contributed by atoms with Gasteiger partial charge in [0.15, 0.2) is 0 Å². The number of piperidine rings is 3. The molecule has 252 valence electrons. The van der Waals surface area contributed by atoms with Crippen LogP contribution in [-0.2, 0) is 0 Å². The van der Waals surface area contributed by atoms with E-state index in [2.05, 4.69) is 50.4 Å². The second-order valence-electron chi connectivity index (χ2n) is 13.7. The minimum absolute atomic E-state index is 0.0184. The number of carbonyl (C=O) groups excluding carboxylic acids is 1. The molecule has 0 spiro atoms. The standard InChI is InChI=1S/C39H46N4O5/c44-34-15-13-30(31-14-16-36(46)41-37(31)34)35(45)23-40-19-5-2-6-22-48-29-11-9-28(10-12-29)39(47)43-25-33(26-7-3-1-4-8-26)38(43)32-24-42-20-17-27(32)18-21-42/h1,3-4,7-16,27,32-33,35,38,40,44-45H,2,5-6,17-25H2,(H,41,46). The molecule has 4 N–H and O–H groups in total. The number of phenols is 1. The Bertz CT molecular complexity index is 1750. The highest BCUT2D eigenvalue weighted by atomic mass is 16.5. The van der Waals surface area contributed by atoms with Crippen LogP contribution in [0.1, 0.15) is 65.6 Å². The summed E-state index contributed by atoms with van der Waals surface area (Å²) in [6.07, 6.45) is 4.54. The predicted octanol–water partition coefficient (Wildman–Crippen LogP) is 5.06. The van der Waals surface area contributed by atoms with Crippen molar-refractivity contribution in [3.63, 3.8) is 0 Å². The molecule has 4 atom stereocenters. The zero-order chi connectivity index (χ0) is 33.0. The van der Waals surface area contributed by atoms with Crippen LogP contribution in [-0.4, -0.2) is 82.8 Å². The molecule has 0 aliphatic carbocycles. The third kappa shape index (κ3) is 6.86. The number of rotatable bonds is 13. The van der Waals surface area contributed by atoms with Crippen LogP contribution in [0.3, 0.4) is 0 Å². The van der Waals surface area contributed by atoms with Crippen LogP contribution in [0.5, 0.6) is 11.5 Å². The average Bonchev–Trinajstić information content (AvgIpc) is 3.10. The van der Waals surface area contributed by atoms with E-state index in [1.54, 1.807) is 12.1 Å². The number of aromatic amines is 1. The van der Waals surface area contributed by atoms with Gasteiger partial charge in [-0.2, -0.15) is 0 Å². The van der Waals surface area contributed by atoms with Gasteiger partial charge in [-0.05, 0) is 111 Å². The third-order valence-corrected chi connectivity index (χ3v) is 10.8. The van der Waals surface area contributed by atoms with Crippen LogP contribution < -0.4 is 15.6 Å². The van der Waals surface area contributed by atoms with Gasteiger partial charge >= 0.3 is 0 Å². The van der Waals surface area contributed by atoms with Gasteiger partial charge in [0.05, 0.1) is 18.2 Å². The zero-order valence-corrected chi connectivity index (χ0v) is 27.4. The van der Waals surface area contributed by atoms with Crippen molar-refractivity contribution < 1.29 is 19.7 Å². The van der Waals surface area contributed by atoms with Crippen LogP contribution in [0.2, 0.25) is 0 Å². The van der Waals surface area contributed by atoms with E-state index >= 15 is 0 Å². The van der Waals surface area contributed by atoms with Gasteiger partial charge in [0.1, 0.15) is 11.5 Å². The molecule has 5 heterocycles. The van der Waals surface area contributed by atoms with Gasteiger partial charge in [-0.1, -0.05) is 36.4 Å². The SMILES string of the molecule is O=C(c1ccc(OCCCCCNCC(O)c2ccc(O)c3[nH]c(=O)ccc23)cc1)N1CC(c2ccccc2)C1C1CN2CCC1CC2. The smallest absolute Gasteiger partial charge is 0.254 e. The first-order valence-electron chi connectivity index (χ1n) is 17.5. The second kappa shape index (κ2) is 14.5. The number of unbranched alkanes of at least 4 members (excludes halogenated alkanes) is 2. The van der Waals surface area contributed by atoms with Crippen LogP contribution in [0, 0.1) is 11.8 Å². The topological polar surface area (TPSA) is 118 Å². The summed E-state index contributed by atoms with van der Waals surface area (Å²) in [6.45, 7) is 6.00. The summed E-state index contributed by atoms with van der Waals surface area (Å²) in [4.78, 5) is 32.8. The van der Waals surface area contributed by atoms with Gasteiger partial charge in [0.2, 0.25) is 5.56 Å². The molecule has 4 fully saturated rings. The van der Waals surface area contributed by atoms with Crippen LogP contribution >= 0.6 is 0 Å². The number of hydrogen-bond acceptors (Lipinski definition) is 7. The number of H-pyrrole nitrogens is 1. The lowest BCUT2D eigenvalue weighted by Gasteiger charge is -2.57. The fourth-order valence-electron chi connectivity index (χ4n) is 8.15. The number of nitrogens with one attached hydrogen (secondary N) is 2. The van der Waals surface area contributed by atoms with Gasteiger partial charge < -0.3 is 35.1 Å². The number of phenolic OH excluding ortho intramolecular Hbond substituents is 1.